The highest BCUT2D eigenvalue weighted by Gasteiger charge is 2.13. The Balaban J connectivity index is 2.41. The lowest BCUT2D eigenvalue weighted by atomic mass is 10.5. The summed E-state index contributed by atoms with van der Waals surface area (Å²) in [6.45, 7) is 5.07. The molecule has 1 aromatic rings. The summed E-state index contributed by atoms with van der Waals surface area (Å²) in [4.78, 5) is 11.2. The average Bonchev–Trinajstić information content (AvgIpc) is 2.86. The van der Waals surface area contributed by atoms with E-state index in [-0.39, 0.29) is 18.8 Å². The van der Waals surface area contributed by atoms with Crippen LogP contribution in [-0.2, 0) is 25.5 Å². The van der Waals surface area contributed by atoms with Gasteiger partial charge in [-0.25, -0.2) is 4.68 Å². The average molecular weight is 304 g/mol. The largest absolute Gasteiger partial charge is 0.468 e. The molecular formula is C11H20N4O4S. The molecule has 0 bridgehead atoms. The molecule has 0 atom stereocenters. The number of hydrogen-bond donors (Lipinski definition) is 0. The Hall–Kier alpha value is -1.19. The maximum Gasteiger partial charge on any atom is 0.327 e. The van der Waals surface area contributed by atoms with Crippen molar-refractivity contribution in [1.82, 2.24) is 20.2 Å². The summed E-state index contributed by atoms with van der Waals surface area (Å²) < 4.78 is 16.9. The highest BCUT2D eigenvalue weighted by molar-refractivity contribution is 7.99. The van der Waals surface area contributed by atoms with Gasteiger partial charge in [-0.2, -0.15) is 0 Å². The Morgan fingerprint density at radius 2 is 2.05 bits per heavy atom. The quantitative estimate of drug-likeness (QED) is 0.355. The fourth-order valence-electron chi connectivity index (χ4n) is 1.42. The summed E-state index contributed by atoms with van der Waals surface area (Å²) in [6.07, 6.45) is 0.500. The molecule has 0 saturated heterocycles. The Labute approximate surface area is 122 Å². The number of aromatic nitrogens is 4. The fraction of sp³-hybridized carbons (Fsp3) is 0.818. The first kappa shape index (κ1) is 16.9. The van der Waals surface area contributed by atoms with Crippen molar-refractivity contribution in [1.29, 1.82) is 0 Å². The standard InChI is InChI=1S/C11H20N4O4S/c1-4-18-10(19-5-2)6-7-20-11-12-13-14-15(11)8-9(16)17-3/h10H,4-8H2,1-3H3. The van der Waals surface area contributed by atoms with Gasteiger partial charge in [-0.1, -0.05) is 11.8 Å². The Kier molecular flexibility index (Phi) is 8.16. The minimum Gasteiger partial charge on any atom is -0.468 e. The number of hydrogen-bond acceptors (Lipinski definition) is 8. The first-order valence-corrected chi connectivity index (χ1v) is 7.38. The van der Waals surface area contributed by atoms with Gasteiger partial charge >= 0.3 is 5.97 Å². The van der Waals surface area contributed by atoms with E-state index in [2.05, 4.69) is 20.3 Å². The van der Waals surface area contributed by atoms with Crippen LogP contribution in [0.25, 0.3) is 0 Å². The fourth-order valence-corrected chi connectivity index (χ4v) is 2.26. The third kappa shape index (κ3) is 5.85. The molecule has 0 N–H and O–H groups in total. The number of esters is 1. The van der Waals surface area contributed by atoms with E-state index in [9.17, 15) is 4.79 Å². The first-order chi connectivity index (χ1) is 9.71. The van der Waals surface area contributed by atoms with Crippen LogP contribution in [0.1, 0.15) is 20.3 Å². The van der Waals surface area contributed by atoms with E-state index < -0.39 is 0 Å². The summed E-state index contributed by atoms with van der Waals surface area (Å²) >= 11 is 1.45. The van der Waals surface area contributed by atoms with Gasteiger partial charge in [-0.15, -0.1) is 5.10 Å². The number of ether oxygens (including phenoxy) is 3. The second-order valence-corrected chi connectivity index (χ2v) is 4.73. The van der Waals surface area contributed by atoms with Crippen molar-refractivity contribution in [2.45, 2.75) is 38.3 Å². The Morgan fingerprint density at radius 1 is 1.35 bits per heavy atom. The number of rotatable bonds is 10. The SMILES string of the molecule is CCOC(CCSc1nnnn1CC(=O)OC)OCC. The van der Waals surface area contributed by atoms with Crippen LogP contribution in [0, 0.1) is 0 Å². The second-order valence-electron chi connectivity index (χ2n) is 3.67. The number of thioether (sulfide) groups is 1. The van der Waals surface area contributed by atoms with Crippen molar-refractivity contribution in [3.63, 3.8) is 0 Å². The van der Waals surface area contributed by atoms with Crippen molar-refractivity contribution in [3.8, 4) is 0 Å². The van der Waals surface area contributed by atoms with Gasteiger partial charge in [0.05, 0.1) is 7.11 Å². The van der Waals surface area contributed by atoms with Crippen LogP contribution in [-0.4, -0.2) is 58.5 Å². The van der Waals surface area contributed by atoms with Crippen LogP contribution < -0.4 is 0 Å². The van der Waals surface area contributed by atoms with Crippen LogP contribution in [0.3, 0.4) is 0 Å². The zero-order valence-corrected chi connectivity index (χ0v) is 12.8. The Bertz CT molecular complexity index is 396. The summed E-state index contributed by atoms with van der Waals surface area (Å²) in [5.74, 6) is 0.340. The van der Waals surface area contributed by atoms with Crippen LogP contribution in [0.2, 0.25) is 0 Å². The van der Waals surface area contributed by atoms with Crippen molar-refractivity contribution >= 4 is 17.7 Å². The van der Waals surface area contributed by atoms with Gasteiger partial charge in [-0.3, -0.25) is 4.79 Å². The third-order valence-corrected chi connectivity index (χ3v) is 3.29. The molecule has 1 rings (SSSR count). The van der Waals surface area contributed by atoms with E-state index in [0.29, 0.717) is 18.4 Å². The van der Waals surface area contributed by atoms with E-state index in [1.165, 1.54) is 23.6 Å². The smallest absolute Gasteiger partial charge is 0.327 e. The third-order valence-electron chi connectivity index (χ3n) is 2.30. The van der Waals surface area contributed by atoms with Crippen molar-refractivity contribution in [3.05, 3.63) is 0 Å². The predicted octanol–water partition coefficient (Wildman–Crippen LogP) is 0.727. The molecule has 8 nitrogen and oxygen atoms in total. The normalized spacial score (nSPS) is 11.0. The molecule has 20 heavy (non-hydrogen) atoms. The van der Waals surface area contributed by atoms with Crippen LogP contribution in [0.15, 0.2) is 5.16 Å². The number of methoxy groups -OCH3 is 1. The van der Waals surface area contributed by atoms with Gasteiger partial charge in [0.25, 0.3) is 0 Å². The lowest BCUT2D eigenvalue weighted by molar-refractivity contribution is -0.141. The summed E-state index contributed by atoms with van der Waals surface area (Å²) in [6, 6.07) is 0. The maximum atomic E-state index is 11.2. The maximum absolute atomic E-state index is 11.2. The topological polar surface area (TPSA) is 88.4 Å². The van der Waals surface area contributed by atoms with Crippen LogP contribution >= 0.6 is 11.8 Å². The molecule has 0 fully saturated rings. The lowest BCUT2D eigenvalue weighted by Gasteiger charge is -2.16. The highest BCUT2D eigenvalue weighted by Crippen LogP contribution is 2.16. The van der Waals surface area contributed by atoms with E-state index >= 15 is 0 Å². The first-order valence-electron chi connectivity index (χ1n) is 6.40. The number of carbonyl (C=O) groups is 1. The van der Waals surface area contributed by atoms with Gasteiger partial charge in [0.2, 0.25) is 5.16 Å². The molecule has 0 unspecified atom stereocenters. The summed E-state index contributed by atoms with van der Waals surface area (Å²) in [7, 11) is 1.33. The van der Waals surface area contributed by atoms with Gasteiger partial charge in [0.15, 0.2) is 6.29 Å². The van der Waals surface area contributed by atoms with Gasteiger partial charge in [0.1, 0.15) is 6.54 Å². The monoisotopic (exact) mass is 304 g/mol. The van der Waals surface area contributed by atoms with Gasteiger partial charge in [-0.05, 0) is 24.3 Å². The van der Waals surface area contributed by atoms with Crippen molar-refractivity contribution in [2.75, 3.05) is 26.1 Å². The van der Waals surface area contributed by atoms with Crippen LogP contribution in [0.4, 0.5) is 0 Å². The van der Waals surface area contributed by atoms with E-state index in [0.717, 1.165) is 12.2 Å². The molecule has 0 aliphatic rings. The highest BCUT2D eigenvalue weighted by atomic mass is 32.2. The molecule has 0 spiro atoms. The summed E-state index contributed by atoms with van der Waals surface area (Å²) in [5.41, 5.74) is 0. The predicted molar refractivity (Wildman–Crippen MR) is 72.2 cm³/mol. The number of carbonyl (C=O) groups excluding carboxylic acids is 1. The molecule has 1 heterocycles. The van der Waals surface area contributed by atoms with Crippen molar-refractivity contribution in [2.24, 2.45) is 0 Å². The van der Waals surface area contributed by atoms with Crippen LogP contribution in [0.5, 0.6) is 0 Å². The van der Waals surface area contributed by atoms with Gasteiger partial charge < -0.3 is 14.2 Å². The molecule has 0 aromatic carbocycles. The summed E-state index contributed by atoms with van der Waals surface area (Å²) in [5, 5.41) is 11.7. The molecule has 0 saturated carbocycles. The van der Waals surface area contributed by atoms with Crippen molar-refractivity contribution < 1.29 is 19.0 Å². The molecule has 0 amide bonds. The number of tetrazole rings is 1. The van der Waals surface area contributed by atoms with Gasteiger partial charge in [0, 0.05) is 25.4 Å². The zero-order chi connectivity index (χ0) is 14.8. The van der Waals surface area contributed by atoms with E-state index in [4.69, 9.17) is 9.47 Å². The number of nitrogens with zero attached hydrogens (tertiary/aromatic N) is 4. The molecule has 9 heteroatoms. The minimum atomic E-state index is -0.388. The molecular weight excluding hydrogens is 284 g/mol. The molecule has 0 aliphatic heterocycles. The van der Waals surface area contributed by atoms with E-state index in [1.54, 1.807) is 0 Å². The lowest BCUT2D eigenvalue weighted by Crippen LogP contribution is -2.18. The molecule has 1 aromatic heterocycles. The van der Waals surface area contributed by atoms with E-state index in [1.807, 2.05) is 13.8 Å². The molecule has 0 aliphatic carbocycles. The molecule has 114 valence electrons. The zero-order valence-electron chi connectivity index (χ0n) is 11.9. The minimum absolute atomic E-state index is 0.00613. The Morgan fingerprint density at radius 3 is 2.65 bits per heavy atom. The molecule has 0 radical (unpaired) electrons. The second kappa shape index (κ2) is 9.67.